The SMILES string of the molecule is Cc1ccc(C(=O)NCc2c(C3CC3)ccc(N)c2C=N)cc1C(F)(F)F. The third kappa shape index (κ3) is 3.97. The van der Waals surface area contributed by atoms with Gasteiger partial charge in [-0.2, -0.15) is 13.2 Å². The zero-order chi connectivity index (χ0) is 19.8. The quantitative estimate of drug-likeness (QED) is 0.535. The minimum Gasteiger partial charge on any atom is -0.398 e. The maximum Gasteiger partial charge on any atom is 0.416 e. The second-order valence-electron chi connectivity index (χ2n) is 6.76. The average Bonchev–Trinajstić information content (AvgIpc) is 3.44. The Hall–Kier alpha value is -2.83. The highest BCUT2D eigenvalue weighted by Crippen LogP contribution is 2.43. The van der Waals surface area contributed by atoms with Gasteiger partial charge in [-0.15, -0.1) is 0 Å². The average molecular weight is 375 g/mol. The van der Waals surface area contributed by atoms with Crippen LogP contribution in [0.25, 0.3) is 0 Å². The molecular formula is C20H20F3N3O. The van der Waals surface area contributed by atoms with Crippen LogP contribution >= 0.6 is 0 Å². The van der Waals surface area contributed by atoms with Gasteiger partial charge in [0, 0.05) is 29.6 Å². The molecule has 3 rings (SSSR count). The molecule has 2 aromatic rings. The van der Waals surface area contributed by atoms with Crippen molar-refractivity contribution in [2.24, 2.45) is 0 Å². The lowest BCUT2D eigenvalue weighted by atomic mass is 9.96. The number of anilines is 1. The highest BCUT2D eigenvalue weighted by atomic mass is 19.4. The maximum absolute atomic E-state index is 13.1. The first kappa shape index (κ1) is 18.9. The number of carbonyl (C=O) groups is 1. The molecule has 4 nitrogen and oxygen atoms in total. The topological polar surface area (TPSA) is 79.0 Å². The van der Waals surface area contributed by atoms with Crippen molar-refractivity contribution in [1.82, 2.24) is 5.32 Å². The van der Waals surface area contributed by atoms with Gasteiger partial charge in [0.05, 0.1) is 5.56 Å². The first-order valence-corrected chi connectivity index (χ1v) is 8.60. The van der Waals surface area contributed by atoms with E-state index < -0.39 is 17.6 Å². The zero-order valence-electron chi connectivity index (χ0n) is 14.8. The molecule has 1 fully saturated rings. The van der Waals surface area contributed by atoms with Crippen molar-refractivity contribution in [3.8, 4) is 0 Å². The predicted octanol–water partition coefficient (Wildman–Crippen LogP) is 4.40. The van der Waals surface area contributed by atoms with E-state index in [1.165, 1.54) is 19.1 Å². The molecule has 1 saturated carbocycles. The number of benzene rings is 2. The summed E-state index contributed by atoms with van der Waals surface area (Å²) in [6.45, 7) is 1.46. The van der Waals surface area contributed by atoms with E-state index in [0.717, 1.165) is 36.2 Å². The van der Waals surface area contributed by atoms with Crippen LogP contribution in [-0.2, 0) is 12.7 Å². The maximum atomic E-state index is 13.1. The third-order valence-corrected chi connectivity index (χ3v) is 4.82. The number of amides is 1. The Kier molecular flexibility index (Phi) is 4.95. The zero-order valence-corrected chi connectivity index (χ0v) is 14.8. The van der Waals surface area contributed by atoms with Crippen LogP contribution in [0.1, 0.15) is 56.9 Å². The van der Waals surface area contributed by atoms with Gasteiger partial charge < -0.3 is 16.5 Å². The van der Waals surface area contributed by atoms with Crippen LogP contribution < -0.4 is 11.1 Å². The van der Waals surface area contributed by atoms with Gasteiger partial charge in [0.1, 0.15) is 0 Å². The van der Waals surface area contributed by atoms with E-state index >= 15 is 0 Å². The molecule has 1 amide bonds. The molecule has 0 aromatic heterocycles. The van der Waals surface area contributed by atoms with Gasteiger partial charge in [-0.3, -0.25) is 4.79 Å². The van der Waals surface area contributed by atoms with Crippen LogP contribution in [0.3, 0.4) is 0 Å². The van der Waals surface area contributed by atoms with Crippen molar-refractivity contribution < 1.29 is 18.0 Å². The number of aryl methyl sites for hydroxylation is 1. The van der Waals surface area contributed by atoms with Crippen LogP contribution in [0.2, 0.25) is 0 Å². The largest absolute Gasteiger partial charge is 0.416 e. The van der Waals surface area contributed by atoms with Gasteiger partial charge >= 0.3 is 6.18 Å². The normalized spacial score (nSPS) is 14.1. The molecule has 0 unspecified atom stereocenters. The number of nitrogens with two attached hydrogens (primary N) is 1. The van der Waals surface area contributed by atoms with Crippen LogP contribution in [0.15, 0.2) is 30.3 Å². The van der Waals surface area contributed by atoms with Crippen molar-refractivity contribution in [1.29, 1.82) is 5.41 Å². The monoisotopic (exact) mass is 375 g/mol. The third-order valence-electron chi connectivity index (χ3n) is 4.82. The molecule has 1 aliphatic carbocycles. The molecule has 0 saturated heterocycles. The Morgan fingerprint density at radius 2 is 2.00 bits per heavy atom. The summed E-state index contributed by atoms with van der Waals surface area (Å²) in [4.78, 5) is 12.4. The standard InChI is InChI=1S/C20H20F3N3O/c1-11-2-3-13(8-17(11)20(21,22)23)19(27)26-10-16-14(12-4-5-12)6-7-18(25)15(16)9-24/h2-3,6-9,12,24H,4-5,10,25H2,1H3,(H,26,27). The number of rotatable bonds is 5. The Morgan fingerprint density at radius 1 is 1.30 bits per heavy atom. The molecule has 0 spiro atoms. The summed E-state index contributed by atoms with van der Waals surface area (Å²) in [7, 11) is 0. The molecule has 1 aliphatic rings. The van der Waals surface area contributed by atoms with E-state index in [9.17, 15) is 18.0 Å². The number of nitrogens with one attached hydrogen (secondary N) is 2. The van der Waals surface area contributed by atoms with E-state index in [2.05, 4.69) is 5.32 Å². The molecule has 0 atom stereocenters. The van der Waals surface area contributed by atoms with Crippen molar-refractivity contribution in [3.63, 3.8) is 0 Å². The fourth-order valence-corrected chi connectivity index (χ4v) is 3.18. The van der Waals surface area contributed by atoms with Crippen molar-refractivity contribution in [2.75, 3.05) is 5.73 Å². The highest BCUT2D eigenvalue weighted by Gasteiger charge is 2.33. The number of hydrogen-bond donors (Lipinski definition) is 3. The smallest absolute Gasteiger partial charge is 0.398 e. The summed E-state index contributed by atoms with van der Waals surface area (Å²) in [5.74, 6) is -0.215. The summed E-state index contributed by atoms with van der Waals surface area (Å²) in [6.07, 6.45) is -1.29. The lowest BCUT2D eigenvalue weighted by Crippen LogP contribution is -2.25. The summed E-state index contributed by atoms with van der Waals surface area (Å²) < 4.78 is 39.2. The fraction of sp³-hybridized carbons (Fsp3) is 0.300. The van der Waals surface area contributed by atoms with Crippen LogP contribution in [-0.4, -0.2) is 12.1 Å². The van der Waals surface area contributed by atoms with E-state index in [1.807, 2.05) is 6.07 Å². The van der Waals surface area contributed by atoms with E-state index in [-0.39, 0.29) is 17.7 Å². The summed E-state index contributed by atoms with van der Waals surface area (Å²) in [5, 5.41) is 10.3. The number of hydrogen-bond acceptors (Lipinski definition) is 3. The number of halogens is 3. The Morgan fingerprint density at radius 3 is 2.59 bits per heavy atom. The summed E-state index contributed by atoms with van der Waals surface area (Å²) in [6, 6.07) is 7.17. The highest BCUT2D eigenvalue weighted by molar-refractivity contribution is 5.95. The molecule has 0 aliphatic heterocycles. The second kappa shape index (κ2) is 7.06. The minimum atomic E-state index is -4.51. The van der Waals surface area contributed by atoms with Gasteiger partial charge in [0.15, 0.2) is 0 Å². The molecule has 142 valence electrons. The summed E-state index contributed by atoms with van der Waals surface area (Å²) >= 11 is 0. The molecule has 4 N–H and O–H groups in total. The lowest BCUT2D eigenvalue weighted by Gasteiger charge is -2.16. The van der Waals surface area contributed by atoms with Gasteiger partial charge in [-0.25, -0.2) is 0 Å². The van der Waals surface area contributed by atoms with Gasteiger partial charge in [-0.05, 0) is 60.6 Å². The van der Waals surface area contributed by atoms with Gasteiger partial charge in [-0.1, -0.05) is 12.1 Å². The second-order valence-corrected chi connectivity index (χ2v) is 6.76. The Balaban J connectivity index is 1.85. The van der Waals surface area contributed by atoms with Crippen LogP contribution in [0, 0.1) is 12.3 Å². The molecule has 2 aromatic carbocycles. The molecule has 27 heavy (non-hydrogen) atoms. The number of alkyl halides is 3. The van der Waals surface area contributed by atoms with Gasteiger partial charge in [0.2, 0.25) is 0 Å². The first-order chi connectivity index (χ1) is 12.7. The first-order valence-electron chi connectivity index (χ1n) is 8.60. The lowest BCUT2D eigenvalue weighted by molar-refractivity contribution is -0.138. The Bertz CT molecular complexity index is 902. The molecule has 0 radical (unpaired) electrons. The fourth-order valence-electron chi connectivity index (χ4n) is 3.18. The van der Waals surface area contributed by atoms with Crippen molar-refractivity contribution in [3.05, 3.63) is 63.7 Å². The van der Waals surface area contributed by atoms with E-state index in [4.69, 9.17) is 11.1 Å². The molecule has 0 bridgehead atoms. The molecule has 7 heteroatoms. The Labute approximate surface area is 155 Å². The molecular weight excluding hydrogens is 355 g/mol. The number of carbonyl (C=O) groups excluding carboxylic acids is 1. The number of nitrogen functional groups attached to an aromatic ring is 1. The van der Waals surface area contributed by atoms with E-state index in [1.54, 1.807) is 6.07 Å². The van der Waals surface area contributed by atoms with Crippen molar-refractivity contribution >= 4 is 17.8 Å². The van der Waals surface area contributed by atoms with Crippen LogP contribution in [0.5, 0.6) is 0 Å². The van der Waals surface area contributed by atoms with E-state index in [0.29, 0.717) is 17.2 Å². The van der Waals surface area contributed by atoms with Crippen LogP contribution in [0.4, 0.5) is 18.9 Å². The predicted molar refractivity (Wildman–Crippen MR) is 98.1 cm³/mol. The van der Waals surface area contributed by atoms with Crippen molar-refractivity contribution in [2.45, 2.75) is 38.4 Å². The summed E-state index contributed by atoms with van der Waals surface area (Å²) in [5.41, 5.74) is 7.89. The van der Waals surface area contributed by atoms with Gasteiger partial charge in [0.25, 0.3) is 5.91 Å². The molecule has 0 heterocycles. The minimum absolute atomic E-state index is 0.0544.